The molecule has 1 aromatic heterocycles. The molecule has 0 radical (unpaired) electrons. The topological polar surface area (TPSA) is 46.9 Å². The van der Waals surface area contributed by atoms with Gasteiger partial charge in [0.15, 0.2) is 0 Å². The van der Waals surface area contributed by atoms with Gasteiger partial charge >= 0.3 is 0 Å². The fourth-order valence-corrected chi connectivity index (χ4v) is 1.84. The molecule has 2 rings (SSSR count). The summed E-state index contributed by atoms with van der Waals surface area (Å²) in [5.74, 6) is 0. The first-order valence-electron chi connectivity index (χ1n) is 5.56. The molecule has 0 unspecified atom stereocenters. The van der Waals surface area contributed by atoms with E-state index in [0.29, 0.717) is 6.41 Å². The molecule has 0 aliphatic rings. The SMILES string of the molecule is CCc1cc(-c2cnn(C)c2)ccc1NC=O. The Hall–Kier alpha value is -2.10. The zero-order valence-electron chi connectivity index (χ0n) is 9.97. The molecule has 0 saturated carbocycles. The molecular formula is C13H15N3O. The van der Waals surface area contributed by atoms with Crippen molar-refractivity contribution in [2.45, 2.75) is 13.3 Å². The lowest BCUT2D eigenvalue weighted by Crippen LogP contribution is -1.98. The normalized spacial score (nSPS) is 10.2. The summed E-state index contributed by atoms with van der Waals surface area (Å²) in [4.78, 5) is 10.5. The Morgan fingerprint density at radius 2 is 2.24 bits per heavy atom. The van der Waals surface area contributed by atoms with Gasteiger partial charge in [-0.15, -0.1) is 0 Å². The molecule has 0 aliphatic carbocycles. The van der Waals surface area contributed by atoms with E-state index in [2.05, 4.69) is 23.4 Å². The Bertz CT molecular complexity index is 531. The highest BCUT2D eigenvalue weighted by molar-refractivity contribution is 5.76. The van der Waals surface area contributed by atoms with Crippen LogP contribution in [-0.4, -0.2) is 16.2 Å². The number of benzene rings is 1. The zero-order valence-corrected chi connectivity index (χ0v) is 9.97. The molecule has 0 saturated heterocycles. The highest BCUT2D eigenvalue weighted by Crippen LogP contribution is 2.25. The minimum Gasteiger partial charge on any atom is -0.328 e. The zero-order chi connectivity index (χ0) is 12.3. The van der Waals surface area contributed by atoms with Crippen LogP contribution in [0.5, 0.6) is 0 Å². The van der Waals surface area contributed by atoms with Crippen LogP contribution < -0.4 is 5.32 Å². The summed E-state index contributed by atoms with van der Waals surface area (Å²) in [6.45, 7) is 2.07. The Morgan fingerprint density at radius 3 is 2.82 bits per heavy atom. The van der Waals surface area contributed by atoms with Gasteiger partial charge in [-0.2, -0.15) is 5.10 Å². The van der Waals surface area contributed by atoms with Crippen LogP contribution in [0.1, 0.15) is 12.5 Å². The van der Waals surface area contributed by atoms with Crippen molar-refractivity contribution in [1.82, 2.24) is 9.78 Å². The van der Waals surface area contributed by atoms with Gasteiger partial charge in [0.1, 0.15) is 0 Å². The van der Waals surface area contributed by atoms with E-state index in [4.69, 9.17) is 0 Å². The van der Waals surface area contributed by atoms with Crippen LogP contribution in [-0.2, 0) is 18.3 Å². The van der Waals surface area contributed by atoms with E-state index in [1.54, 1.807) is 4.68 Å². The average Bonchev–Trinajstić information content (AvgIpc) is 2.77. The number of aryl methyl sites for hydroxylation is 2. The molecule has 1 amide bonds. The van der Waals surface area contributed by atoms with Crippen LogP contribution >= 0.6 is 0 Å². The van der Waals surface area contributed by atoms with Crippen LogP contribution in [0.15, 0.2) is 30.6 Å². The molecule has 1 aromatic carbocycles. The van der Waals surface area contributed by atoms with Crippen molar-refractivity contribution >= 4 is 12.1 Å². The standard InChI is InChI=1S/C13H15N3O/c1-3-10-6-11(4-5-13(10)14-9-17)12-7-15-16(2)8-12/h4-9H,3H2,1-2H3,(H,14,17). The minimum atomic E-state index is 0.707. The monoisotopic (exact) mass is 229 g/mol. The van der Waals surface area contributed by atoms with Crippen molar-refractivity contribution < 1.29 is 4.79 Å². The van der Waals surface area contributed by atoms with Gasteiger partial charge in [-0.1, -0.05) is 13.0 Å². The lowest BCUT2D eigenvalue weighted by Gasteiger charge is -2.08. The third-order valence-corrected chi connectivity index (χ3v) is 2.74. The first-order valence-corrected chi connectivity index (χ1v) is 5.56. The number of nitrogens with zero attached hydrogens (tertiary/aromatic N) is 2. The predicted molar refractivity (Wildman–Crippen MR) is 67.7 cm³/mol. The number of carbonyl (C=O) groups is 1. The van der Waals surface area contributed by atoms with E-state index in [0.717, 1.165) is 28.8 Å². The van der Waals surface area contributed by atoms with Crippen molar-refractivity contribution in [3.05, 3.63) is 36.2 Å². The summed E-state index contributed by atoms with van der Waals surface area (Å²) >= 11 is 0. The van der Waals surface area contributed by atoms with Gasteiger partial charge in [-0.25, -0.2) is 0 Å². The van der Waals surface area contributed by atoms with E-state index < -0.39 is 0 Å². The third kappa shape index (κ3) is 2.36. The quantitative estimate of drug-likeness (QED) is 0.817. The summed E-state index contributed by atoms with van der Waals surface area (Å²) < 4.78 is 1.78. The number of aromatic nitrogens is 2. The van der Waals surface area contributed by atoms with Crippen LogP contribution in [0.25, 0.3) is 11.1 Å². The second-order valence-corrected chi connectivity index (χ2v) is 3.89. The molecular weight excluding hydrogens is 214 g/mol. The molecule has 0 spiro atoms. The Balaban J connectivity index is 2.40. The number of nitrogens with one attached hydrogen (secondary N) is 1. The minimum absolute atomic E-state index is 0.707. The lowest BCUT2D eigenvalue weighted by molar-refractivity contribution is -0.105. The molecule has 2 aromatic rings. The van der Waals surface area contributed by atoms with Gasteiger partial charge in [0.2, 0.25) is 6.41 Å². The summed E-state index contributed by atoms with van der Waals surface area (Å²) in [5.41, 5.74) is 4.19. The van der Waals surface area contributed by atoms with Gasteiger partial charge in [-0.05, 0) is 29.7 Å². The molecule has 88 valence electrons. The van der Waals surface area contributed by atoms with Gasteiger partial charge < -0.3 is 5.32 Å². The van der Waals surface area contributed by atoms with Crippen molar-refractivity contribution in [1.29, 1.82) is 0 Å². The summed E-state index contributed by atoms with van der Waals surface area (Å²) in [6, 6.07) is 6.00. The van der Waals surface area contributed by atoms with E-state index in [1.165, 1.54) is 0 Å². The van der Waals surface area contributed by atoms with Crippen LogP contribution in [0.3, 0.4) is 0 Å². The number of rotatable bonds is 4. The highest BCUT2D eigenvalue weighted by atomic mass is 16.1. The summed E-state index contributed by atoms with van der Waals surface area (Å²) in [5, 5.41) is 6.86. The van der Waals surface area contributed by atoms with E-state index in [9.17, 15) is 4.79 Å². The second-order valence-electron chi connectivity index (χ2n) is 3.89. The van der Waals surface area contributed by atoms with Crippen molar-refractivity contribution in [3.63, 3.8) is 0 Å². The lowest BCUT2D eigenvalue weighted by atomic mass is 10.0. The molecule has 0 fully saturated rings. The number of carbonyl (C=O) groups excluding carboxylic acids is 1. The molecule has 0 aliphatic heterocycles. The van der Waals surface area contributed by atoms with Crippen molar-refractivity contribution in [3.8, 4) is 11.1 Å². The fourth-order valence-electron chi connectivity index (χ4n) is 1.84. The Kier molecular flexibility index (Phi) is 3.23. The number of hydrogen-bond acceptors (Lipinski definition) is 2. The first-order chi connectivity index (χ1) is 8.24. The molecule has 4 heteroatoms. The molecule has 1 N–H and O–H groups in total. The Labute approximate surface area is 100 Å². The summed E-state index contributed by atoms with van der Waals surface area (Å²) in [6.07, 6.45) is 5.39. The molecule has 17 heavy (non-hydrogen) atoms. The smallest absolute Gasteiger partial charge is 0.211 e. The fraction of sp³-hybridized carbons (Fsp3) is 0.231. The van der Waals surface area contributed by atoms with E-state index in [1.807, 2.05) is 31.6 Å². The van der Waals surface area contributed by atoms with Gasteiger partial charge in [0.05, 0.1) is 6.20 Å². The average molecular weight is 229 g/mol. The maximum atomic E-state index is 10.5. The summed E-state index contributed by atoms with van der Waals surface area (Å²) in [7, 11) is 1.90. The highest BCUT2D eigenvalue weighted by Gasteiger charge is 2.05. The van der Waals surface area contributed by atoms with E-state index in [-0.39, 0.29) is 0 Å². The predicted octanol–water partition coefficient (Wildman–Crippen LogP) is 2.22. The largest absolute Gasteiger partial charge is 0.328 e. The number of hydrogen-bond donors (Lipinski definition) is 1. The number of amides is 1. The van der Waals surface area contributed by atoms with Crippen LogP contribution in [0.2, 0.25) is 0 Å². The van der Waals surface area contributed by atoms with Gasteiger partial charge in [-0.3, -0.25) is 9.48 Å². The van der Waals surface area contributed by atoms with Crippen molar-refractivity contribution in [2.24, 2.45) is 7.05 Å². The second kappa shape index (κ2) is 4.82. The molecule has 0 bridgehead atoms. The van der Waals surface area contributed by atoms with Crippen LogP contribution in [0, 0.1) is 0 Å². The molecule has 4 nitrogen and oxygen atoms in total. The Morgan fingerprint density at radius 1 is 1.41 bits per heavy atom. The third-order valence-electron chi connectivity index (χ3n) is 2.74. The van der Waals surface area contributed by atoms with Crippen molar-refractivity contribution in [2.75, 3.05) is 5.32 Å². The van der Waals surface area contributed by atoms with Gasteiger partial charge in [0, 0.05) is 24.5 Å². The molecule has 0 atom stereocenters. The van der Waals surface area contributed by atoms with Crippen LogP contribution in [0.4, 0.5) is 5.69 Å². The van der Waals surface area contributed by atoms with E-state index >= 15 is 0 Å². The van der Waals surface area contributed by atoms with Gasteiger partial charge in [0.25, 0.3) is 0 Å². The maximum absolute atomic E-state index is 10.5. The molecule has 1 heterocycles. The first kappa shape index (κ1) is 11.4. The number of anilines is 1. The maximum Gasteiger partial charge on any atom is 0.211 e.